The van der Waals surface area contributed by atoms with Crippen LogP contribution in [0.2, 0.25) is 0 Å². The number of fused-ring (bicyclic) bond motifs is 1. The van der Waals surface area contributed by atoms with Crippen LogP contribution in [-0.4, -0.2) is 51.2 Å². The van der Waals surface area contributed by atoms with Gasteiger partial charge in [-0.15, -0.1) is 0 Å². The number of hydrogen-bond acceptors (Lipinski definition) is 4. The number of rotatable bonds is 4. The molecule has 1 aromatic carbocycles. The normalized spacial score (nSPS) is 20.0. The second-order valence-corrected chi connectivity index (χ2v) is 8.33. The lowest BCUT2D eigenvalue weighted by atomic mass is 9.91. The lowest BCUT2D eigenvalue weighted by Crippen LogP contribution is -2.39. The highest BCUT2D eigenvalue weighted by Crippen LogP contribution is 2.26. The molecule has 138 valence electrons. The number of carbonyl (C=O) groups is 1. The predicted molar refractivity (Wildman–Crippen MR) is 106 cm³/mol. The zero-order valence-electron chi connectivity index (χ0n) is 15.3. The molecule has 1 amide bonds. The van der Waals surface area contributed by atoms with Crippen LogP contribution in [0.25, 0.3) is 0 Å². The molecular formula is C20H26N4OS. The Labute approximate surface area is 159 Å². The van der Waals surface area contributed by atoms with E-state index < -0.39 is 0 Å². The van der Waals surface area contributed by atoms with Crippen LogP contribution in [0.15, 0.2) is 30.3 Å². The van der Waals surface area contributed by atoms with Gasteiger partial charge in [-0.1, -0.05) is 30.3 Å². The van der Waals surface area contributed by atoms with Gasteiger partial charge in [0, 0.05) is 55.5 Å². The third kappa shape index (κ3) is 3.67. The van der Waals surface area contributed by atoms with Crippen LogP contribution < -0.4 is 5.32 Å². The fraction of sp³-hybridized carbons (Fsp3) is 0.500. The van der Waals surface area contributed by atoms with Crippen molar-refractivity contribution in [2.24, 2.45) is 7.05 Å². The molecule has 1 fully saturated rings. The fourth-order valence-corrected chi connectivity index (χ4v) is 4.81. The summed E-state index contributed by atoms with van der Waals surface area (Å²) in [4.78, 5) is 15.0. The van der Waals surface area contributed by atoms with Crippen molar-refractivity contribution in [2.75, 3.05) is 24.6 Å². The second-order valence-electron chi connectivity index (χ2n) is 7.11. The Hall–Kier alpha value is -1.79. The monoisotopic (exact) mass is 370 g/mol. The Morgan fingerprint density at radius 1 is 1.27 bits per heavy atom. The van der Waals surface area contributed by atoms with Crippen molar-refractivity contribution in [3.8, 4) is 0 Å². The van der Waals surface area contributed by atoms with Gasteiger partial charge < -0.3 is 10.2 Å². The van der Waals surface area contributed by atoms with E-state index in [1.165, 1.54) is 11.3 Å². The summed E-state index contributed by atoms with van der Waals surface area (Å²) in [6, 6.07) is 10.9. The quantitative estimate of drug-likeness (QED) is 0.897. The first-order valence-electron chi connectivity index (χ1n) is 9.41. The Morgan fingerprint density at radius 3 is 2.81 bits per heavy atom. The maximum Gasteiger partial charge on any atom is 0.274 e. The molecule has 0 spiro atoms. The Kier molecular flexibility index (Phi) is 5.31. The highest BCUT2D eigenvalue weighted by atomic mass is 32.2. The molecule has 5 nitrogen and oxygen atoms in total. The van der Waals surface area contributed by atoms with E-state index in [2.05, 4.69) is 34.7 Å². The molecule has 2 aliphatic rings. The number of hydrogen-bond donors (Lipinski definition) is 1. The highest BCUT2D eigenvalue weighted by molar-refractivity contribution is 7.99. The Bertz CT molecular complexity index is 768. The Morgan fingerprint density at radius 2 is 2.04 bits per heavy atom. The topological polar surface area (TPSA) is 50.2 Å². The molecule has 2 aromatic rings. The zero-order valence-corrected chi connectivity index (χ0v) is 16.1. The van der Waals surface area contributed by atoms with E-state index in [1.54, 1.807) is 0 Å². The van der Waals surface area contributed by atoms with Crippen LogP contribution in [0, 0.1) is 0 Å². The summed E-state index contributed by atoms with van der Waals surface area (Å²) in [5.41, 5.74) is 4.37. The summed E-state index contributed by atoms with van der Waals surface area (Å²) < 4.78 is 1.93. The predicted octanol–water partition coefficient (Wildman–Crippen LogP) is 2.26. The smallest absolute Gasteiger partial charge is 0.274 e. The van der Waals surface area contributed by atoms with Crippen molar-refractivity contribution in [1.29, 1.82) is 0 Å². The number of amides is 1. The van der Waals surface area contributed by atoms with Crippen LogP contribution in [-0.2, 0) is 26.4 Å². The van der Waals surface area contributed by atoms with Crippen molar-refractivity contribution in [1.82, 2.24) is 20.0 Å². The molecule has 1 atom stereocenters. The van der Waals surface area contributed by atoms with Crippen molar-refractivity contribution in [3.05, 3.63) is 52.8 Å². The zero-order chi connectivity index (χ0) is 17.9. The van der Waals surface area contributed by atoms with Gasteiger partial charge in [-0.3, -0.25) is 9.48 Å². The van der Waals surface area contributed by atoms with Gasteiger partial charge in [0.2, 0.25) is 0 Å². The maximum atomic E-state index is 13.0. The van der Waals surface area contributed by atoms with E-state index in [4.69, 9.17) is 0 Å². The number of aromatic nitrogens is 2. The maximum absolute atomic E-state index is 13.0. The third-order valence-electron chi connectivity index (χ3n) is 5.39. The van der Waals surface area contributed by atoms with Gasteiger partial charge in [-0.05, 0) is 24.8 Å². The molecule has 0 saturated carbocycles. The van der Waals surface area contributed by atoms with Gasteiger partial charge >= 0.3 is 0 Å². The molecule has 0 bridgehead atoms. The molecule has 1 N–H and O–H groups in total. The minimum absolute atomic E-state index is 0.117. The summed E-state index contributed by atoms with van der Waals surface area (Å²) in [6.45, 7) is 2.54. The fourth-order valence-electron chi connectivity index (χ4n) is 3.91. The molecule has 0 unspecified atom stereocenters. The largest absolute Gasteiger partial charge is 0.336 e. The van der Waals surface area contributed by atoms with Gasteiger partial charge in [0.05, 0.1) is 0 Å². The van der Waals surface area contributed by atoms with Crippen LogP contribution in [0.4, 0.5) is 0 Å². The number of nitrogens with one attached hydrogen (secondary N) is 1. The summed E-state index contributed by atoms with van der Waals surface area (Å²) in [5, 5.41) is 8.28. The molecule has 26 heavy (non-hydrogen) atoms. The van der Waals surface area contributed by atoms with Gasteiger partial charge in [0.1, 0.15) is 0 Å². The number of aryl methyl sites for hydroxylation is 1. The molecule has 1 aromatic heterocycles. The second kappa shape index (κ2) is 7.84. The highest BCUT2D eigenvalue weighted by Gasteiger charge is 2.30. The summed E-state index contributed by atoms with van der Waals surface area (Å²) in [6.07, 6.45) is 2.96. The Balaban J connectivity index is 1.47. The average Bonchev–Trinajstić information content (AvgIpc) is 3.03. The summed E-state index contributed by atoms with van der Waals surface area (Å²) in [5.74, 6) is 2.18. The van der Waals surface area contributed by atoms with E-state index in [9.17, 15) is 4.79 Å². The minimum Gasteiger partial charge on any atom is -0.336 e. The number of nitrogens with zero attached hydrogens (tertiary/aromatic N) is 3. The summed E-state index contributed by atoms with van der Waals surface area (Å²) in [7, 11) is 1.97. The number of benzene rings is 1. The van der Waals surface area contributed by atoms with E-state index in [0.717, 1.165) is 56.0 Å². The van der Waals surface area contributed by atoms with Crippen molar-refractivity contribution < 1.29 is 4.79 Å². The van der Waals surface area contributed by atoms with Crippen molar-refractivity contribution >= 4 is 17.7 Å². The van der Waals surface area contributed by atoms with Crippen LogP contribution in [0.1, 0.15) is 33.7 Å². The number of thioether (sulfide) groups is 1. The molecule has 1 aliphatic heterocycles. The van der Waals surface area contributed by atoms with Crippen LogP contribution in [0.5, 0.6) is 0 Å². The summed E-state index contributed by atoms with van der Waals surface area (Å²) >= 11 is 1.92. The van der Waals surface area contributed by atoms with E-state index in [1.807, 2.05) is 34.5 Å². The van der Waals surface area contributed by atoms with Crippen molar-refractivity contribution in [2.45, 2.75) is 31.8 Å². The average molecular weight is 371 g/mol. The molecule has 1 aliphatic carbocycles. The standard InChI is InChI=1S/C20H26N4OS/c1-23-18-8-7-16(21-14-15-5-3-2-4-6-15)13-17(18)19(22-23)20(25)24-9-11-26-12-10-24/h2-6,16,21H,7-14H2,1H3/t16-/m1/s1. The molecule has 2 heterocycles. The van der Waals surface area contributed by atoms with E-state index in [0.29, 0.717) is 11.7 Å². The van der Waals surface area contributed by atoms with Crippen LogP contribution >= 0.6 is 11.8 Å². The van der Waals surface area contributed by atoms with Crippen molar-refractivity contribution in [3.63, 3.8) is 0 Å². The molecular weight excluding hydrogens is 344 g/mol. The van der Waals surface area contributed by atoms with E-state index >= 15 is 0 Å². The first-order valence-corrected chi connectivity index (χ1v) is 10.6. The first kappa shape index (κ1) is 17.6. The first-order chi connectivity index (χ1) is 12.7. The molecule has 1 saturated heterocycles. The number of carbonyl (C=O) groups excluding carboxylic acids is 1. The lowest BCUT2D eigenvalue weighted by molar-refractivity contribution is 0.0764. The third-order valence-corrected chi connectivity index (χ3v) is 6.34. The SMILES string of the molecule is Cn1nc(C(=O)N2CCSCC2)c2c1CC[C@@H](NCc1ccccc1)C2. The van der Waals surface area contributed by atoms with Gasteiger partial charge in [0.25, 0.3) is 5.91 Å². The van der Waals surface area contributed by atoms with Crippen LogP contribution in [0.3, 0.4) is 0 Å². The molecule has 6 heteroatoms. The molecule has 0 radical (unpaired) electrons. The van der Waals surface area contributed by atoms with E-state index in [-0.39, 0.29) is 5.91 Å². The van der Waals surface area contributed by atoms with Gasteiger partial charge in [-0.25, -0.2) is 0 Å². The lowest BCUT2D eigenvalue weighted by Gasteiger charge is -2.27. The van der Waals surface area contributed by atoms with Gasteiger partial charge in [0.15, 0.2) is 5.69 Å². The van der Waals surface area contributed by atoms with Gasteiger partial charge in [-0.2, -0.15) is 16.9 Å². The molecule has 4 rings (SSSR count). The minimum atomic E-state index is 0.117.